The highest BCUT2D eigenvalue weighted by Gasteiger charge is 2.48. The predicted molar refractivity (Wildman–Crippen MR) is 95.5 cm³/mol. The van der Waals surface area contributed by atoms with E-state index < -0.39 is 47.1 Å². The zero-order valence-corrected chi connectivity index (χ0v) is 15.4. The van der Waals surface area contributed by atoms with Crippen LogP contribution in [-0.4, -0.2) is 59.9 Å². The van der Waals surface area contributed by atoms with Crippen LogP contribution in [0.25, 0.3) is 10.8 Å². The molecular formula is C17H19NO9S. The van der Waals surface area contributed by atoms with Crippen molar-refractivity contribution in [1.29, 1.82) is 0 Å². The van der Waals surface area contributed by atoms with Crippen LogP contribution in [0.2, 0.25) is 0 Å². The molecular weight excluding hydrogens is 394 g/mol. The number of nitrogens with one attached hydrogen (secondary N) is 1. The van der Waals surface area contributed by atoms with Crippen molar-refractivity contribution < 1.29 is 41.6 Å². The molecule has 1 fully saturated rings. The summed E-state index contributed by atoms with van der Waals surface area (Å²) in [6.07, 6.45) is -6.97. The SMILES string of the molecule is CC(=O)N[C@H]1[C@H](Oc2cccc3ccccc23)O[C@H](OS(=O)(=O)O)[C@@H](O)[C@@H]1O. The van der Waals surface area contributed by atoms with Gasteiger partial charge in [0.05, 0.1) is 0 Å². The first-order valence-electron chi connectivity index (χ1n) is 8.24. The largest absolute Gasteiger partial charge is 0.462 e. The fourth-order valence-corrected chi connectivity index (χ4v) is 3.34. The first-order valence-corrected chi connectivity index (χ1v) is 9.61. The summed E-state index contributed by atoms with van der Waals surface area (Å²) in [6, 6.07) is 11.2. The molecule has 0 spiro atoms. The van der Waals surface area contributed by atoms with Gasteiger partial charge in [0.15, 0.2) is 0 Å². The molecule has 0 aromatic heterocycles. The Bertz CT molecular complexity index is 959. The first-order chi connectivity index (χ1) is 13.2. The molecule has 152 valence electrons. The predicted octanol–water partition coefficient (Wildman–Crippen LogP) is -0.0531. The van der Waals surface area contributed by atoms with Crippen LogP contribution in [0.5, 0.6) is 5.75 Å². The zero-order chi connectivity index (χ0) is 20.5. The molecule has 2 aromatic carbocycles. The summed E-state index contributed by atoms with van der Waals surface area (Å²) in [5.41, 5.74) is 0. The fraction of sp³-hybridized carbons (Fsp3) is 0.353. The van der Waals surface area contributed by atoms with Crippen LogP contribution in [0.4, 0.5) is 0 Å². The van der Waals surface area contributed by atoms with Gasteiger partial charge in [-0.15, -0.1) is 0 Å². The first kappa shape index (κ1) is 20.5. The maximum atomic E-state index is 11.5. The Kier molecular flexibility index (Phi) is 5.84. The highest BCUT2D eigenvalue weighted by molar-refractivity contribution is 7.80. The molecule has 1 heterocycles. The van der Waals surface area contributed by atoms with E-state index in [0.717, 1.165) is 5.39 Å². The minimum absolute atomic E-state index is 0.327. The van der Waals surface area contributed by atoms with Gasteiger partial charge in [0, 0.05) is 12.3 Å². The van der Waals surface area contributed by atoms with E-state index in [1.807, 2.05) is 18.2 Å². The van der Waals surface area contributed by atoms with Gasteiger partial charge in [0.1, 0.15) is 24.0 Å². The van der Waals surface area contributed by atoms with E-state index >= 15 is 0 Å². The minimum atomic E-state index is -4.99. The van der Waals surface area contributed by atoms with Crippen molar-refractivity contribution in [2.24, 2.45) is 0 Å². The summed E-state index contributed by atoms with van der Waals surface area (Å²) < 4.78 is 46.2. The Labute approximate surface area is 160 Å². The Morgan fingerprint density at radius 2 is 1.75 bits per heavy atom. The third-order valence-electron chi connectivity index (χ3n) is 4.14. The van der Waals surface area contributed by atoms with Crippen molar-refractivity contribution in [2.75, 3.05) is 0 Å². The molecule has 1 aliphatic heterocycles. The number of hydrogen-bond acceptors (Lipinski definition) is 8. The summed E-state index contributed by atoms with van der Waals surface area (Å²) in [5.74, 6) is -0.215. The number of amides is 1. The topological polar surface area (TPSA) is 152 Å². The number of rotatable bonds is 5. The third kappa shape index (κ3) is 4.58. The van der Waals surface area contributed by atoms with Crippen molar-refractivity contribution in [1.82, 2.24) is 5.32 Å². The fourth-order valence-electron chi connectivity index (χ4n) is 2.94. The van der Waals surface area contributed by atoms with Crippen LogP contribution >= 0.6 is 0 Å². The van der Waals surface area contributed by atoms with Crippen molar-refractivity contribution in [2.45, 2.75) is 37.8 Å². The number of carbonyl (C=O) groups is 1. The molecule has 11 heteroatoms. The highest BCUT2D eigenvalue weighted by Crippen LogP contribution is 2.30. The number of aliphatic hydroxyl groups excluding tert-OH is 2. The van der Waals surface area contributed by atoms with E-state index in [9.17, 15) is 23.4 Å². The van der Waals surface area contributed by atoms with E-state index in [1.54, 1.807) is 24.3 Å². The zero-order valence-electron chi connectivity index (χ0n) is 14.6. The molecule has 3 rings (SSSR count). The van der Waals surface area contributed by atoms with Gasteiger partial charge < -0.3 is 25.0 Å². The second kappa shape index (κ2) is 7.99. The number of fused-ring (bicyclic) bond motifs is 1. The number of benzene rings is 2. The second-order valence-electron chi connectivity index (χ2n) is 6.20. The summed E-state index contributed by atoms with van der Waals surface area (Å²) in [4.78, 5) is 11.5. The number of aliphatic hydroxyl groups is 2. The van der Waals surface area contributed by atoms with Crippen molar-refractivity contribution >= 4 is 27.1 Å². The third-order valence-corrected chi connectivity index (χ3v) is 4.57. The van der Waals surface area contributed by atoms with Crippen LogP contribution in [0.1, 0.15) is 6.92 Å². The lowest BCUT2D eigenvalue weighted by Crippen LogP contribution is -2.65. The molecule has 0 aliphatic carbocycles. The summed E-state index contributed by atoms with van der Waals surface area (Å²) in [7, 11) is -4.99. The molecule has 1 aliphatic rings. The molecule has 0 saturated carbocycles. The average molecular weight is 413 g/mol. The van der Waals surface area contributed by atoms with E-state index in [0.29, 0.717) is 11.1 Å². The molecule has 0 bridgehead atoms. The molecule has 1 amide bonds. The molecule has 0 unspecified atom stereocenters. The lowest BCUT2D eigenvalue weighted by molar-refractivity contribution is -0.287. The number of carbonyl (C=O) groups excluding carboxylic acids is 1. The van der Waals surface area contributed by atoms with E-state index in [-0.39, 0.29) is 0 Å². The van der Waals surface area contributed by atoms with Crippen molar-refractivity contribution in [3.8, 4) is 5.75 Å². The van der Waals surface area contributed by atoms with E-state index in [2.05, 4.69) is 9.50 Å². The minimum Gasteiger partial charge on any atom is -0.462 e. The van der Waals surface area contributed by atoms with E-state index in [4.69, 9.17) is 14.0 Å². The maximum absolute atomic E-state index is 11.5. The van der Waals surface area contributed by atoms with Crippen LogP contribution < -0.4 is 10.1 Å². The van der Waals surface area contributed by atoms with Gasteiger partial charge in [-0.2, -0.15) is 8.42 Å². The normalized spacial score (nSPS) is 28.1. The van der Waals surface area contributed by atoms with Crippen LogP contribution in [0.3, 0.4) is 0 Å². The van der Waals surface area contributed by atoms with Gasteiger partial charge >= 0.3 is 10.4 Å². The van der Waals surface area contributed by atoms with Gasteiger partial charge in [-0.3, -0.25) is 9.35 Å². The lowest BCUT2D eigenvalue weighted by atomic mass is 10.0. The van der Waals surface area contributed by atoms with Gasteiger partial charge in [-0.1, -0.05) is 36.4 Å². The molecule has 10 nitrogen and oxygen atoms in total. The molecule has 2 aromatic rings. The Hall–Kier alpha value is -2.28. The Morgan fingerprint density at radius 3 is 2.43 bits per heavy atom. The summed E-state index contributed by atoms with van der Waals surface area (Å²) in [5, 5.41) is 24.3. The monoisotopic (exact) mass is 413 g/mol. The van der Waals surface area contributed by atoms with Gasteiger partial charge in [-0.25, -0.2) is 4.18 Å². The molecule has 28 heavy (non-hydrogen) atoms. The average Bonchev–Trinajstić information content (AvgIpc) is 2.62. The number of ether oxygens (including phenoxy) is 2. The number of hydrogen-bond donors (Lipinski definition) is 4. The van der Waals surface area contributed by atoms with Crippen LogP contribution in [-0.2, 0) is 24.1 Å². The highest BCUT2D eigenvalue weighted by atomic mass is 32.3. The standard InChI is InChI=1S/C17H19NO9S/c1-9(19)18-13-14(20)15(21)17(27-28(22,23)24)26-16(13)25-12-8-4-6-10-5-2-3-7-11(10)12/h2-8,13-17,20-21H,1H3,(H,18,19)(H,22,23,24)/t13-,14-,15+,16-,17-/m1/s1. The van der Waals surface area contributed by atoms with Gasteiger partial charge in [0.2, 0.25) is 18.5 Å². The quantitative estimate of drug-likeness (QED) is 0.494. The summed E-state index contributed by atoms with van der Waals surface area (Å²) >= 11 is 0. The van der Waals surface area contributed by atoms with Crippen molar-refractivity contribution in [3.05, 3.63) is 42.5 Å². The molecule has 1 saturated heterocycles. The molecule has 4 N–H and O–H groups in total. The Morgan fingerprint density at radius 1 is 1.07 bits per heavy atom. The van der Waals surface area contributed by atoms with Gasteiger partial charge in [0.25, 0.3) is 0 Å². The van der Waals surface area contributed by atoms with Crippen LogP contribution in [0.15, 0.2) is 42.5 Å². The smallest absolute Gasteiger partial charge is 0.399 e. The maximum Gasteiger partial charge on any atom is 0.399 e. The second-order valence-corrected chi connectivity index (χ2v) is 7.25. The van der Waals surface area contributed by atoms with Crippen LogP contribution in [0, 0.1) is 0 Å². The summed E-state index contributed by atoms with van der Waals surface area (Å²) in [6.45, 7) is 1.19. The lowest BCUT2D eigenvalue weighted by Gasteiger charge is -2.41. The molecule has 5 atom stereocenters. The van der Waals surface area contributed by atoms with Gasteiger partial charge in [-0.05, 0) is 11.5 Å². The van der Waals surface area contributed by atoms with E-state index in [1.165, 1.54) is 6.92 Å². The van der Waals surface area contributed by atoms with Crippen molar-refractivity contribution in [3.63, 3.8) is 0 Å². The Balaban J connectivity index is 1.94. The molecule has 0 radical (unpaired) electrons.